The van der Waals surface area contributed by atoms with Gasteiger partial charge in [0, 0.05) is 18.7 Å². The molecule has 1 aliphatic heterocycles. The second-order valence-electron chi connectivity index (χ2n) is 5.64. The fourth-order valence-electron chi connectivity index (χ4n) is 2.71. The molecule has 1 N–H and O–H groups in total. The lowest BCUT2D eigenvalue weighted by molar-refractivity contribution is -0.0789. The monoisotopic (exact) mass is 247 g/mol. The minimum absolute atomic E-state index is 0.0618. The molecule has 0 aromatic heterocycles. The highest BCUT2D eigenvalue weighted by Gasteiger charge is 2.32. The summed E-state index contributed by atoms with van der Waals surface area (Å²) in [6, 6.07) is 11.6. The summed E-state index contributed by atoms with van der Waals surface area (Å²) in [4.78, 5) is 0. The molecule has 1 aromatic rings. The third-order valence-electron chi connectivity index (χ3n) is 4.13. The van der Waals surface area contributed by atoms with Gasteiger partial charge in [-0.15, -0.1) is 0 Å². The van der Waals surface area contributed by atoms with Crippen LogP contribution in [0.4, 0.5) is 0 Å². The average molecular weight is 247 g/mol. The summed E-state index contributed by atoms with van der Waals surface area (Å²) in [5, 5.41) is 3.74. The summed E-state index contributed by atoms with van der Waals surface area (Å²) >= 11 is 0. The van der Waals surface area contributed by atoms with Gasteiger partial charge in [-0.1, -0.05) is 37.3 Å². The van der Waals surface area contributed by atoms with Crippen LogP contribution in [-0.4, -0.2) is 18.2 Å². The molecule has 2 heteroatoms. The maximum absolute atomic E-state index is 5.89. The molecule has 0 radical (unpaired) electrons. The van der Waals surface area contributed by atoms with Gasteiger partial charge in [-0.3, -0.25) is 0 Å². The minimum Gasteiger partial charge on any atom is -0.375 e. The summed E-state index contributed by atoms with van der Waals surface area (Å²) in [6.45, 7) is 7.56. The zero-order valence-corrected chi connectivity index (χ0v) is 11.8. The van der Waals surface area contributed by atoms with E-state index in [-0.39, 0.29) is 5.60 Å². The first-order valence-corrected chi connectivity index (χ1v) is 7.08. The third kappa shape index (κ3) is 3.33. The maximum Gasteiger partial charge on any atom is 0.0666 e. The Morgan fingerprint density at radius 2 is 2.11 bits per heavy atom. The second kappa shape index (κ2) is 5.85. The third-order valence-corrected chi connectivity index (χ3v) is 4.13. The highest BCUT2D eigenvalue weighted by molar-refractivity contribution is 5.18. The van der Waals surface area contributed by atoms with Crippen LogP contribution in [0.3, 0.4) is 0 Å². The molecule has 100 valence electrons. The van der Waals surface area contributed by atoms with E-state index >= 15 is 0 Å². The van der Waals surface area contributed by atoms with Crippen LogP contribution in [-0.2, 0) is 4.74 Å². The van der Waals surface area contributed by atoms with Gasteiger partial charge in [0.2, 0.25) is 0 Å². The molecule has 3 atom stereocenters. The highest BCUT2D eigenvalue weighted by Crippen LogP contribution is 2.29. The van der Waals surface area contributed by atoms with Gasteiger partial charge in [0.25, 0.3) is 0 Å². The van der Waals surface area contributed by atoms with Crippen molar-refractivity contribution < 1.29 is 4.74 Å². The van der Waals surface area contributed by atoms with Gasteiger partial charge in [-0.2, -0.15) is 0 Å². The lowest BCUT2D eigenvalue weighted by Crippen LogP contribution is -2.45. The summed E-state index contributed by atoms with van der Waals surface area (Å²) in [5.74, 6) is 0. The predicted octanol–water partition coefficient (Wildman–Crippen LogP) is 3.68. The van der Waals surface area contributed by atoms with Gasteiger partial charge in [-0.25, -0.2) is 0 Å². The summed E-state index contributed by atoms with van der Waals surface area (Å²) in [5.41, 5.74) is 1.42. The van der Waals surface area contributed by atoms with Gasteiger partial charge >= 0.3 is 0 Å². The van der Waals surface area contributed by atoms with Crippen LogP contribution in [0, 0.1) is 0 Å². The fraction of sp³-hybridized carbons (Fsp3) is 0.625. The normalized spacial score (nSPS) is 30.1. The van der Waals surface area contributed by atoms with E-state index in [2.05, 4.69) is 56.4 Å². The van der Waals surface area contributed by atoms with Crippen molar-refractivity contribution in [3.05, 3.63) is 35.9 Å². The Hall–Kier alpha value is -0.860. The summed E-state index contributed by atoms with van der Waals surface area (Å²) in [6.07, 6.45) is 3.32. The SMILES string of the molecule is CCC1(C)CC(NC(C)c2ccccc2)CCO1. The lowest BCUT2D eigenvalue weighted by atomic mass is 9.89. The van der Waals surface area contributed by atoms with Gasteiger partial charge in [-0.05, 0) is 38.7 Å². The molecule has 18 heavy (non-hydrogen) atoms. The van der Waals surface area contributed by atoms with Crippen LogP contribution in [0.2, 0.25) is 0 Å². The topological polar surface area (TPSA) is 21.3 Å². The van der Waals surface area contributed by atoms with E-state index < -0.39 is 0 Å². The van der Waals surface area contributed by atoms with Gasteiger partial charge in [0.15, 0.2) is 0 Å². The molecule has 2 rings (SSSR count). The van der Waals surface area contributed by atoms with Crippen molar-refractivity contribution in [3.8, 4) is 0 Å². The smallest absolute Gasteiger partial charge is 0.0666 e. The van der Waals surface area contributed by atoms with Crippen molar-refractivity contribution in [1.29, 1.82) is 0 Å². The summed E-state index contributed by atoms with van der Waals surface area (Å²) in [7, 11) is 0. The van der Waals surface area contributed by atoms with Crippen molar-refractivity contribution in [3.63, 3.8) is 0 Å². The maximum atomic E-state index is 5.89. The number of hydrogen-bond donors (Lipinski definition) is 1. The highest BCUT2D eigenvalue weighted by atomic mass is 16.5. The van der Waals surface area contributed by atoms with Crippen LogP contribution in [0.1, 0.15) is 51.6 Å². The molecule has 1 heterocycles. The molecule has 1 aliphatic rings. The van der Waals surface area contributed by atoms with E-state index in [0.717, 1.165) is 25.9 Å². The van der Waals surface area contributed by atoms with Crippen LogP contribution >= 0.6 is 0 Å². The Balaban J connectivity index is 1.93. The number of rotatable bonds is 4. The Morgan fingerprint density at radius 1 is 1.39 bits per heavy atom. The molecular formula is C16H25NO. The predicted molar refractivity (Wildman–Crippen MR) is 75.7 cm³/mol. The molecule has 3 unspecified atom stereocenters. The van der Waals surface area contributed by atoms with Crippen LogP contribution in [0.15, 0.2) is 30.3 Å². The number of hydrogen-bond acceptors (Lipinski definition) is 2. The fourth-order valence-corrected chi connectivity index (χ4v) is 2.71. The van der Waals surface area contributed by atoms with E-state index in [1.165, 1.54) is 5.56 Å². The Kier molecular flexibility index (Phi) is 4.41. The van der Waals surface area contributed by atoms with E-state index in [9.17, 15) is 0 Å². The second-order valence-corrected chi connectivity index (χ2v) is 5.64. The lowest BCUT2D eigenvalue weighted by Gasteiger charge is -2.39. The van der Waals surface area contributed by atoms with E-state index in [1.807, 2.05) is 0 Å². The van der Waals surface area contributed by atoms with Crippen molar-refractivity contribution in [2.45, 2.75) is 57.7 Å². The number of nitrogens with one attached hydrogen (secondary N) is 1. The minimum atomic E-state index is 0.0618. The first kappa shape index (κ1) is 13.6. The van der Waals surface area contributed by atoms with Gasteiger partial charge in [0.1, 0.15) is 0 Å². The average Bonchev–Trinajstić information content (AvgIpc) is 2.40. The molecule has 0 spiro atoms. The van der Waals surface area contributed by atoms with Crippen LogP contribution in [0.5, 0.6) is 0 Å². The Bertz CT molecular complexity index is 365. The molecule has 0 saturated carbocycles. The first-order chi connectivity index (χ1) is 8.63. The molecule has 1 fully saturated rings. The van der Waals surface area contributed by atoms with Gasteiger partial charge < -0.3 is 10.1 Å². The molecule has 1 saturated heterocycles. The number of ether oxygens (including phenoxy) is 1. The van der Waals surface area contributed by atoms with Crippen molar-refractivity contribution in [1.82, 2.24) is 5.32 Å². The van der Waals surface area contributed by atoms with Gasteiger partial charge in [0.05, 0.1) is 5.60 Å². The number of benzene rings is 1. The molecular weight excluding hydrogens is 222 g/mol. The van der Waals surface area contributed by atoms with Crippen molar-refractivity contribution in [2.75, 3.05) is 6.61 Å². The van der Waals surface area contributed by atoms with Crippen LogP contribution < -0.4 is 5.32 Å². The zero-order chi connectivity index (χ0) is 13.0. The van der Waals surface area contributed by atoms with Crippen LogP contribution in [0.25, 0.3) is 0 Å². The molecule has 0 amide bonds. The molecule has 0 aliphatic carbocycles. The van der Waals surface area contributed by atoms with E-state index in [0.29, 0.717) is 12.1 Å². The Morgan fingerprint density at radius 3 is 2.78 bits per heavy atom. The van der Waals surface area contributed by atoms with E-state index in [1.54, 1.807) is 0 Å². The van der Waals surface area contributed by atoms with E-state index in [4.69, 9.17) is 4.74 Å². The molecule has 2 nitrogen and oxygen atoms in total. The summed E-state index contributed by atoms with van der Waals surface area (Å²) < 4.78 is 5.89. The first-order valence-electron chi connectivity index (χ1n) is 7.08. The molecule has 0 bridgehead atoms. The standard InChI is InChI=1S/C16H25NO/c1-4-16(3)12-15(10-11-18-16)17-13(2)14-8-6-5-7-9-14/h5-9,13,15,17H,4,10-12H2,1-3H3. The van der Waals surface area contributed by atoms with Crippen molar-refractivity contribution in [2.24, 2.45) is 0 Å². The Labute approximate surface area is 111 Å². The quantitative estimate of drug-likeness (QED) is 0.876. The zero-order valence-electron chi connectivity index (χ0n) is 11.8. The van der Waals surface area contributed by atoms with Crippen molar-refractivity contribution >= 4 is 0 Å². The molecule has 1 aromatic carbocycles. The largest absolute Gasteiger partial charge is 0.375 e.